The monoisotopic (exact) mass is 492 g/mol. The van der Waals surface area contributed by atoms with Crippen LogP contribution in [0.2, 0.25) is 0 Å². The molecule has 1 aromatic heterocycles. The van der Waals surface area contributed by atoms with Gasteiger partial charge in [0, 0.05) is 48.8 Å². The largest absolute Gasteiger partial charge is 0.488 e. The molecule has 0 saturated carbocycles. The van der Waals surface area contributed by atoms with Crippen molar-refractivity contribution in [2.24, 2.45) is 13.0 Å². The van der Waals surface area contributed by atoms with Gasteiger partial charge in [0.05, 0.1) is 24.6 Å². The second kappa shape index (κ2) is 10.7. The molecule has 8 heteroatoms. The lowest BCUT2D eigenvalue weighted by atomic mass is 9.99. The number of likely N-dealkylation sites (N-methyl/N-ethyl adjacent to an activating group) is 1. The number of ether oxygens (including phenoxy) is 1. The van der Waals surface area contributed by atoms with E-state index in [1.165, 1.54) is 0 Å². The van der Waals surface area contributed by atoms with E-state index >= 15 is 0 Å². The summed E-state index contributed by atoms with van der Waals surface area (Å²) in [5.41, 5.74) is 2.93. The Labute approximate surface area is 212 Å². The Morgan fingerprint density at radius 2 is 2.00 bits per heavy atom. The first-order valence-electron chi connectivity index (χ1n) is 12.4. The lowest BCUT2D eigenvalue weighted by Crippen LogP contribution is -2.49. The molecule has 4 rings (SSSR count). The number of para-hydroxylation sites is 1. The van der Waals surface area contributed by atoms with E-state index in [0.717, 1.165) is 16.5 Å². The first-order chi connectivity index (χ1) is 17.2. The highest BCUT2D eigenvalue weighted by Gasteiger charge is 2.33. The van der Waals surface area contributed by atoms with Gasteiger partial charge < -0.3 is 29.5 Å². The Bertz CT molecular complexity index is 1250. The molecular formula is C28H36N4O4. The summed E-state index contributed by atoms with van der Waals surface area (Å²) in [5, 5.41) is 13.8. The number of aliphatic hydroxyl groups is 1. The van der Waals surface area contributed by atoms with Gasteiger partial charge in [0.15, 0.2) is 0 Å². The Hall–Kier alpha value is -3.36. The second-order valence-corrected chi connectivity index (χ2v) is 10.1. The van der Waals surface area contributed by atoms with Crippen LogP contribution < -0.4 is 10.1 Å². The Kier molecular flexibility index (Phi) is 7.66. The van der Waals surface area contributed by atoms with Gasteiger partial charge in [0.2, 0.25) is 5.91 Å². The first kappa shape index (κ1) is 25.7. The number of benzene rings is 2. The predicted octanol–water partition coefficient (Wildman–Crippen LogP) is 3.14. The van der Waals surface area contributed by atoms with E-state index in [2.05, 4.69) is 17.1 Å². The van der Waals surface area contributed by atoms with Crippen molar-refractivity contribution in [2.45, 2.75) is 32.4 Å². The van der Waals surface area contributed by atoms with Gasteiger partial charge in [-0.1, -0.05) is 25.1 Å². The molecule has 2 amide bonds. The van der Waals surface area contributed by atoms with Crippen LogP contribution >= 0.6 is 0 Å². The minimum Gasteiger partial charge on any atom is -0.488 e. The molecule has 0 spiro atoms. The van der Waals surface area contributed by atoms with Gasteiger partial charge in [0.1, 0.15) is 11.9 Å². The fourth-order valence-corrected chi connectivity index (χ4v) is 4.82. The molecule has 36 heavy (non-hydrogen) atoms. The van der Waals surface area contributed by atoms with Crippen LogP contribution in [0, 0.1) is 5.92 Å². The number of fused-ring (bicyclic) bond motifs is 2. The van der Waals surface area contributed by atoms with Crippen molar-refractivity contribution in [3.63, 3.8) is 0 Å². The van der Waals surface area contributed by atoms with Crippen molar-refractivity contribution < 1.29 is 19.4 Å². The van der Waals surface area contributed by atoms with E-state index in [4.69, 9.17) is 4.74 Å². The van der Waals surface area contributed by atoms with E-state index in [1.807, 2.05) is 63.1 Å². The summed E-state index contributed by atoms with van der Waals surface area (Å²) in [6.45, 7) is 4.93. The van der Waals surface area contributed by atoms with Crippen molar-refractivity contribution in [1.82, 2.24) is 14.4 Å². The summed E-state index contributed by atoms with van der Waals surface area (Å²) >= 11 is 0. The van der Waals surface area contributed by atoms with Crippen LogP contribution in [0.25, 0.3) is 10.9 Å². The maximum absolute atomic E-state index is 13.6. The van der Waals surface area contributed by atoms with Crippen LogP contribution in [0.15, 0.2) is 48.7 Å². The Morgan fingerprint density at radius 1 is 1.25 bits per heavy atom. The Morgan fingerprint density at radius 3 is 2.72 bits per heavy atom. The van der Waals surface area contributed by atoms with E-state index < -0.39 is 0 Å². The zero-order chi connectivity index (χ0) is 26.0. The molecule has 0 unspecified atom stereocenters. The van der Waals surface area contributed by atoms with Gasteiger partial charge in [-0.3, -0.25) is 9.59 Å². The number of aromatic nitrogens is 1. The summed E-state index contributed by atoms with van der Waals surface area (Å²) in [7, 11) is 5.95. The zero-order valence-electron chi connectivity index (χ0n) is 21.7. The van der Waals surface area contributed by atoms with Gasteiger partial charge in [-0.05, 0) is 50.8 Å². The van der Waals surface area contributed by atoms with Crippen LogP contribution in [0.1, 0.15) is 29.8 Å². The number of nitrogens with one attached hydrogen (secondary N) is 1. The third kappa shape index (κ3) is 5.39. The minimum absolute atomic E-state index is 0.0681. The smallest absolute Gasteiger partial charge is 0.258 e. The molecule has 3 atom stereocenters. The number of aliphatic hydroxyl groups excluding tert-OH is 1. The van der Waals surface area contributed by atoms with Crippen LogP contribution in [-0.4, -0.2) is 77.2 Å². The lowest BCUT2D eigenvalue weighted by molar-refractivity contribution is -0.115. The van der Waals surface area contributed by atoms with Crippen molar-refractivity contribution in [1.29, 1.82) is 0 Å². The van der Waals surface area contributed by atoms with Gasteiger partial charge in [0.25, 0.3) is 5.91 Å². The molecule has 0 bridgehead atoms. The van der Waals surface area contributed by atoms with Crippen LogP contribution in [0.5, 0.6) is 5.75 Å². The van der Waals surface area contributed by atoms with E-state index in [0.29, 0.717) is 30.1 Å². The summed E-state index contributed by atoms with van der Waals surface area (Å²) in [5.74, 6) is 0.177. The second-order valence-electron chi connectivity index (χ2n) is 10.1. The van der Waals surface area contributed by atoms with E-state index in [9.17, 15) is 14.7 Å². The molecule has 3 aromatic rings. The maximum atomic E-state index is 13.6. The molecule has 0 radical (unpaired) electrons. The van der Waals surface area contributed by atoms with Crippen molar-refractivity contribution in [3.8, 4) is 5.75 Å². The summed E-state index contributed by atoms with van der Waals surface area (Å²) in [6, 6.07) is 12.9. The Balaban J connectivity index is 1.60. The quantitative estimate of drug-likeness (QED) is 0.529. The fraction of sp³-hybridized carbons (Fsp3) is 0.429. The third-order valence-electron chi connectivity index (χ3n) is 6.82. The number of hydrogen-bond acceptors (Lipinski definition) is 5. The lowest BCUT2D eigenvalue weighted by Gasteiger charge is -2.37. The third-order valence-corrected chi connectivity index (χ3v) is 6.82. The molecule has 0 fully saturated rings. The molecule has 2 N–H and O–H groups in total. The molecule has 0 saturated heterocycles. The molecule has 8 nitrogen and oxygen atoms in total. The SMILES string of the molecule is C[C@H](CO)N1C[C@H](C)[C@H](CN(C)C)Oc2ccc(NC(=O)Cc3cn(C)c4ccccc34)cc2C1=O. The standard InChI is InChI=1S/C28H36N4O4/c1-18-14-32(19(2)17-33)28(35)23-13-21(10-11-25(23)36-26(18)16-30(3)4)29-27(34)12-20-15-31(5)24-9-7-6-8-22(20)24/h6-11,13,15,18-19,26,33H,12,14,16-17H2,1-5H3,(H,29,34)/t18-,19+,26-/m0/s1. The molecule has 0 aliphatic carbocycles. The normalized spacial score (nSPS) is 19.0. The van der Waals surface area contributed by atoms with Gasteiger partial charge >= 0.3 is 0 Å². The van der Waals surface area contributed by atoms with E-state index in [-0.39, 0.29) is 42.9 Å². The number of nitrogens with zero attached hydrogens (tertiary/aromatic N) is 3. The van der Waals surface area contributed by atoms with Crippen LogP contribution in [0.3, 0.4) is 0 Å². The predicted molar refractivity (Wildman–Crippen MR) is 141 cm³/mol. The van der Waals surface area contributed by atoms with Crippen LogP contribution in [0.4, 0.5) is 5.69 Å². The highest BCUT2D eigenvalue weighted by atomic mass is 16.5. The minimum atomic E-state index is -0.337. The zero-order valence-corrected chi connectivity index (χ0v) is 21.7. The number of carbonyl (C=O) groups excluding carboxylic acids is 2. The summed E-state index contributed by atoms with van der Waals surface area (Å²) in [6.07, 6.45) is 2.06. The van der Waals surface area contributed by atoms with Crippen molar-refractivity contribution in [3.05, 3.63) is 59.8 Å². The fourth-order valence-electron chi connectivity index (χ4n) is 4.82. The summed E-state index contributed by atoms with van der Waals surface area (Å²) in [4.78, 5) is 30.3. The first-order valence-corrected chi connectivity index (χ1v) is 12.4. The number of aryl methyl sites for hydroxylation is 1. The average molecular weight is 493 g/mol. The van der Waals surface area contributed by atoms with Crippen molar-refractivity contribution >= 4 is 28.4 Å². The topological polar surface area (TPSA) is 87.0 Å². The van der Waals surface area contributed by atoms with Gasteiger partial charge in [-0.15, -0.1) is 0 Å². The van der Waals surface area contributed by atoms with Gasteiger partial charge in [-0.25, -0.2) is 0 Å². The number of hydrogen-bond donors (Lipinski definition) is 2. The molecule has 1 aliphatic rings. The average Bonchev–Trinajstić information content (AvgIpc) is 3.16. The highest BCUT2D eigenvalue weighted by Crippen LogP contribution is 2.31. The molecular weight excluding hydrogens is 456 g/mol. The van der Waals surface area contributed by atoms with Gasteiger partial charge in [-0.2, -0.15) is 0 Å². The number of carbonyl (C=O) groups is 2. The van der Waals surface area contributed by atoms with E-state index in [1.54, 1.807) is 23.1 Å². The molecule has 192 valence electrons. The molecule has 2 heterocycles. The number of rotatable bonds is 7. The maximum Gasteiger partial charge on any atom is 0.258 e. The van der Waals surface area contributed by atoms with Crippen molar-refractivity contribution in [2.75, 3.05) is 39.1 Å². The number of anilines is 1. The molecule has 2 aromatic carbocycles. The summed E-state index contributed by atoms with van der Waals surface area (Å²) < 4.78 is 8.35. The highest BCUT2D eigenvalue weighted by molar-refractivity contribution is 6.00. The van der Waals surface area contributed by atoms with Crippen LogP contribution in [-0.2, 0) is 18.3 Å². The number of amides is 2. The molecule has 1 aliphatic heterocycles.